The van der Waals surface area contributed by atoms with Crippen LogP contribution in [0, 0.1) is 12.8 Å². The standard InChI is InChI=1S/C14H23N3O2S/c1-12-4-3-5-14(16-12)15-10-13-6-7-17(11-13)8-9-20(2,18)19/h3-5,13H,6-11H2,1-2H3,(H,15,16). The summed E-state index contributed by atoms with van der Waals surface area (Å²) in [4.78, 5) is 6.65. The molecule has 0 amide bonds. The van der Waals surface area contributed by atoms with Gasteiger partial charge in [-0.25, -0.2) is 13.4 Å². The molecule has 112 valence electrons. The topological polar surface area (TPSA) is 62.3 Å². The normalized spacial score (nSPS) is 20.2. The Morgan fingerprint density at radius 2 is 2.25 bits per heavy atom. The maximum Gasteiger partial charge on any atom is 0.148 e. The number of aryl methyl sites for hydroxylation is 1. The van der Waals surface area contributed by atoms with Gasteiger partial charge in [0, 0.05) is 31.6 Å². The fraction of sp³-hybridized carbons (Fsp3) is 0.643. The summed E-state index contributed by atoms with van der Waals surface area (Å²) >= 11 is 0. The van der Waals surface area contributed by atoms with Gasteiger partial charge < -0.3 is 10.2 Å². The van der Waals surface area contributed by atoms with E-state index in [2.05, 4.69) is 15.2 Å². The molecule has 20 heavy (non-hydrogen) atoms. The van der Waals surface area contributed by atoms with Crippen molar-refractivity contribution < 1.29 is 8.42 Å². The predicted octanol–water partition coefficient (Wildman–Crippen LogP) is 1.17. The van der Waals surface area contributed by atoms with Crippen LogP contribution in [0.3, 0.4) is 0 Å². The largest absolute Gasteiger partial charge is 0.370 e. The number of nitrogens with one attached hydrogen (secondary N) is 1. The minimum Gasteiger partial charge on any atom is -0.370 e. The lowest BCUT2D eigenvalue weighted by Gasteiger charge is -2.15. The van der Waals surface area contributed by atoms with E-state index in [9.17, 15) is 8.42 Å². The van der Waals surface area contributed by atoms with Crippen molar-refractivity contribution in [2.45, 2.75) is 13.3 Å². The Morgan fingerprint density at radius 3 is 2.95 bits per heavy atom. The Morgan fingerprint density at radius 1 is 1.45 bits per heavy atom. The van der Waals surface area contributed by atoms with Gasteiger partial charge in [0.25, 0.3) is 0 Å². The van der Waals surface area contributed by atoms with Gasteiger partial charge in [-0.15, -0.1) is 0 Å². The lowest BCUT2D eigenvalue weighted by atomic mass is 10.1. The molecule has 0 radical (unpaired) electrons. The van der Waals surface area contributed by atoms with Crippen LogP contribution in [-0.2, 0) is 9.84 Å². The Hall–Kier alpha value is -1.14. The van der Waals surface area contributed by atoms with E-state index in [1.165, 1.54) is 6.26 Å². The van der Waals surface area contributed by atoms with Gasteiger partial charge in [-0.3, -0.25) is 0 Å². The van der Waals surface area contributed by atoms with Crippen LogP contribution in [0.25, 0.3) is 0 Å². The van der Waals surface area contributed by atoms with Crippen molar-refractivity contribution in [1.29, 1.82) is 0 Å². The molecular formula is C14H23N3O2S. The van der Waals surface area contributed by atoms with Gasteiger partial charge in [-0.05, 0) is 37.9 Å². The summed E-state index contributed by atoms with van der Waals surface area (Å²) < 4.78 is 22.3. The fourth-order valence-corrected chi connectivity index (χ4v) is 3.06. The van der Waals surface area contributed by atoms with Crippen molar-refractivity contribution in [2.75, 3.05) is 43.5 Å². The molecule has 0 bridgehead atoms. The Kier molecular flexibility index (Phi) is 4.99. The molecule has 0 saturated carbocycles. The van der Waals surface area contributed by atoms with Crippen LogP contribution in [-0.4, -0.2) is 56.5 Å². The van der Waals surface area contributed by atoms with Crippen LogP contribution < -0.4 is 5.32 Å². The molecule has 2 rings (SSSR count). The number of rotatable bonds is 6. The highest BCUT2D eigenvalue weighted by molar-refractivity contribution is 7.90. The number of nitrogens with zero attached hydrogens (tertiary/aromatic N) is 2. The predicted molar refractivity (Wildman–Crippen MR) is 81.7 cm³/mol. The molecule has 5 nitrogen and oxygen atoms in total. The van der Waals surface area contributed by atoms with Gasteiger partial charge >= 0.3 is 0 Å². The minimum absolute atomic E-state index is 0.257. The zero-order valence-electron chi connectivity index (χ0n) is 12.2. The van der Waals surface area contributed by atoms with E-state index in [-0.39, 0.29) is 5.75 Å². The van der Waals surface area contributed by atoms with Crippen LogP contribution >= 0.6 is 0 Å². The summed E-state index contributed by atoms with van der Waals surface area (Å²) in [7, 11) is -2.86. The van der Waals surface area contributed by atoms with Gasteiger partial charge in [0.15, 0.2) is 0 Å². The zero-order valence-corrected chi connectivity index (χ0v) is 13.0. The van der Waals surface area contributed by atoms with E-state index in [1.807, 2.05) is 25.1 Å². The van der Waals surface area contributed by atoms with Crippen molar-refractivity contribution in [2.24, 2.45) is 5.92 Å². The first kappa shape index (κ1) is 15.3. The maximum absolute atomic E-state index is 11.2. The lowest BCUT2D eigenvalue weighted by molar-refractivity contribution is 0.345. The van der Waals surface area contributed by atoms with Crippen molar-refractivity contribution in [1.82, 2.24) is 9.88 Å². The quantitative estimate of drug-likeness (QED) is 0.854. The molecule has 1 saturated heterocycles. The molecule has 1 fully saturated rings. The van der Waals surface area contributed by atoms with Crippen LogP contribution in [0.5, 0.6) is 0 Å². The van der Waals surface area contributed by atoms with Crippen LogP contribution in [0.4, 0.5) is 5.82 Å². The first-order chi connectivity index (χ1) is 9.42. The summed E-state index contributed by atoms with van der Waals surface area (Å²) in [6.07, 6.45) is 2.41. The maximum atomic E-state index is 11.2. The third-order valence-electron chi connectivity index (χ3n) is 3.61. The number of sulfone groups is 1. The van der Waals surface area contributed by atoms with Crippen molar-refractivity contribution in [3.05, 3.63) is 23.9 Å². The average molecular weight is 297 g/mol. The summed E-state index contributed by atoms with van der Waals surface area (Å²) in [5.41, 5.74) is 1.01. The molecule has 1 N–H and O–H groups in total. The third kappa shape index (κ3) is 5.09. The van der Waals surface area contributed by atoms with Crippen molar-refractivity contribution in [3.63, 3.8) is 0 Å². The molecule has 1 aliphatic rings. The molecule has 2 heterocycles. The second-order valence-corrected chi connectivity index (χ2v) is 7.89. The SMILES string of the molecule is Cc1cccc(NCC2CCN(CCS(C)(=O)=O)C2)n1. The zero-order chi connectivity index (χ0) is 14.6. The first-order valence-corrected chi connectivity index (χ1v) is 9.06. The van der Waals surface area contributed by atoms with E-state index in [0.717, 1.165) is 37.6 Å². The van der Waals surface area contributed by atoms with E-state index in [4.69, 9.17) is 0 Å². The van der Waals surface area contributed by atoms with Gasteiger partial charge in [0.1, 0.15) is 15.7 Å². The van der Waals surface area contributed by atoms with E-state index < -0.39 is 9.84 Å². The molecule has 1 aliphatic heterocycles. The molecule has 1 atom stereocenters. The number of hydrogen-bond acceptors (Lipinski definition) is 5. The first-order valence-electron chi connectivity index (χ1n) is 7.00. The summed E-state index contributed by atoms with van der Waals surface area (Å²) in [6, 6.07) is 5.95. The number of pyridine rings is 1. The van der Waals surface area contributed by atoms with E-state index in [1.54, 1.807) is 0 Å². The minimum atomic E-state index is -2.86. The molecule has 0 aromatic carbocycles. The van der Waals surface area contributed by atoms with Gasteiger partial charge in [-0.1, -0.05) is 6.07 Å². The average Bonchev–Trinajstić information content (AvgIpc) is 2.81. The molecule has 0 aliphatic carbocycles. The van der Waals surface area contributed by atoms with Crippen LogP contribution in [0.1, 0.15) is 12.1 Å². The molecule has 1 unspecified atom stereocenters. The van der Waals surface area contributed by atoms with Crippen molar-refractivity contribution >= 4 is 15.7 Å². The number of aromatic nitrogens is 1. The van der Waals surface area contributed by atoms with E-state index >= 15 is 0 Å². The van der Waals surface area contributed by atoms with Crippen LogP contribution in [0.2, 0.25) is 0 Å². The highest BCUT2D eigenvalue weighted by atomic mass is 32.2. The Bertz CT molecular complexity index is 545. The summed E-state index contributed by atoms with van der Waals surface area (Å²) in [5, 5.41) is 3.36. The lowest BCUT2D eigenvalue weighted by Crippen LogP contribution is -2.28. The van der Waals surface area contributed by atoms with E-state index in [0.29, 0.717) is 12.5 Å². The Labute approximate surface area is 121 Å². The summed E-state index contributed by atoms with van der Waals surface area (Å²) in [5.74, 6) is 1.74. The highest BCUT2D eigenvalue weighted by Gasteiger charge is 2.22. The number of anilines is 1. The number of hydrogen-bond donors (Lipinski definition) is 1. The van der Waals surface area contributed by atoms with Crippen LogP contribution in [0.15, 0.2) is 18.2 Å². The molecule has 1 aromatic heterocycles. The Balaban J connectivity index is 1.73. The molecular weight excluding hydrogens is 274 g/mol. The van der Waals surface area contributed by atoms with Gasteiger partial charge in [0.05, 0.1) is 5.75 Å². The monoisotopic (exact) mass is 297 g/mol. The smallest absolute Gasteiger partial charge is 0.148 e. The van der Waals surface area contributed by atoms with Gasteiger partial charge in [0.2, 0.25) is 0 Å². The highest BCUT2D eigenvalue weighted by Crippen LogP contribution is 2.16. The molecule has 1 aromatic rings. The summed E-state index contributed by atoms with van der Waals surface area (Å²) in [6.45, 7) is 5.48. The number of likely N-dealkylation sites (tertiary alicyclic amines) is 1. The van der Waals surface area contributed by atoms with Gasteiger partial charge in [-0.2, -0.15) is 0 Å². The second-order valence-electron chi connectivity index (χ2n) is 5.63. The molecule has 0 spiro atoms. The fourth-order valence-electron chi connectivity index (χ4n) is 2.47. The molecule has 6 heteroatoms. The second kappa shape index (κ2) is 6.54. The van der Waals surface area contributed by atoms with Crippen molar-refractivity contribution in [3.8, 4) is 0 Å². The third-order valence-corrected chi connectivity index (χ3v) is 4.53.